The van der Waals surface area contributed by atoms with Gasteiger partial charge in [-0.2, -0.15) is 0 Å². The number of H-pyrrole nitrogens is 1. The van der Waals surface area contributed by atoms with Gasteiger partial charge in [-0.15, -0.1) is 0 Å². The van der Waals surface area contributed by atoms with E-state index in [-0.39, 0.29) is 5.91 Å². The van der Waals surface area contributed by atoms with Gasteiger partial charge in [0.25, 0.3) is 5.91 Å². The smallest absolute Gasteiger partial charge is 0.340 e. The Morgan fingerprint density at radius 2 is 1.77 bits per heavy atom. The normalized spacial score (nSPS) is 10.5. The van der Waals surface area contributed by atoms with E-state index in [9.17, 15) is 9.59 Å². The third-order valence-corrected chi connectivity index (χ3v) is 4.33. The van der Waals surface area contributed by atoms with Crippen LogP contribution in [0, 0.1) is 13.8 Å². The van der Waals surface area contributed by atoms with E-state index in [4.69, 9.17) is 9.47 Å². The number of aryl methyl sites for hydroxylation is 1. The van der Waals surface area contributed by atoms with Crippen LogP contribution in [-0.2, 0) is 11.3 Å². The Morgan fingerprint density at radius 1 is 1.12 bits per heavy atom. The number of hydrogen-bond donors (Lipinski definition) is 1. The van der Waals surface area contributed by atoms with E-state index in [2.05, 4.69) is 4.98 Å². The summed E-state index contributed by atoms with van der Waals surface area (Å²) in [7, 11) is 1.62. The Kier molecular flexibility index (Phi) is 6.44. The number of carbonyl (C=O) groups excluding carboxylic acids is 2. The highest BCUT2D eigenvalue weighted by molar-refractivity contribution is 6.00. The summed E-state index contributed by atoms with van der Waals surface area (Å²) in [5, 5.41) is 0. The zero-order valence-corrected chi connectivity index (χ0v) is 16.0. The molecule has 0 aliphatic rings. The number of nitrogens with one attached hydrogen (secondary N) is 1. The van der Waals surface area contributed by atoms with Crippen LogP contribution in [0.3, 0.4) is 0 Å². The summed E-state index contributed by atoms with van der Waals surface area (Å²) in [5.74, 6) is 0.230. The number of esters is 1. The molecule has 0 aliphatic carbocycles. The molecule has 0 saturated carbocycles. The molecule has 1 aromatic heterocycles. The molecule has 0 saturated heterocycles. The highest BCUT2D eigenvalue weighted by Crippen LogP contribution is 2.21. The third-order valence-electron chi connectivity index (χ3n) is 4.33. The summed E-state index contributed by atoms with van der Waals surface area (Å²) in [6.45, 7) is 8.56. The van der Waals surface area contributed by atoms with Crippen LogP contribution in [-0.4, -0.2) is 42.0 Å². The quantitative estimate of drug-likeness (QED) is 0.769. The monoisotopic (exact) mass is 358 g/mol. The van der Waals surface area contributed by atoms with Crippen LogP contribution in [0.4, 0.5) is 0 Å². The van der Waals surface area contributed by atoms with E-state index in [1.807, 2.05) is 31.2 Å². The van der Waals surface area contributed by atoms with E-state index in [1.54, 1.807) is 32.8 Å². The number of hydrogen-bond acceptors (Lipinski definition) is 4. The summed E-state index contributed by atoms with van der Waals surface area (Å²) in [4.78, 5) is 29.9. The van der Waals surface area contributed by atoms with Crippen molar-refractivity contribution in [2.75, 3.05) is 20.3 Å². The first kappa shape index (κ1) is 19.6. The second-order valence-electron chi connectivity index (χ2n) is 6.01. The Hall–Kier alpha value is -2.76. The first-order valence-electron chi connectivity index (χ1n) is 8.71. The van der Waals surface area contributed by atoms with Gasteiger partial charge >= 0.3 is 5.97 Å². The first-order valence-corrected chi connectivity index (χ1v) is 8.71. The van der Waals surface area contributed by atoms with Crippen molar-refractivity contribution in [1.29, 1.82) is 0 Å². The highest BCUT2D eigenvalue weighted by atomic mass is 16.5. The Morgan fingerprint density at radius 3 is 2.31 bits per heavy atom. The number of aromatic amines is 1. The second-order valence-corrected chi connectivity index (χ2v) is 6.01. The molecule has 0 aliphatic heterocycles. The first-order chi connectivity index (χ1) is 12.4. The number of amides is 1. The van der Waals surface area contributed by atoms with Gasteiger partial charge in [0.05, 0.1) is 19.3 Å². The summed E-state index contributed by atoms with van der Waals surface area (Å²) in [5.41, 5.74) is 3.15. The van der Waals surface area contributed by atoms with E-state index in [1.165, 1.54) is 0 Å². The Labute approximate surface area is 154 Å². The van der Waals surface area contributed by atoms with Crippen LogP contribution in [0.5, 0.6) is 5.75 Å². The van der Waals surface area contributed by atoms with Gasteiger partial charge in [-0.3, -0.25) is 4.79 Å². The van der Waals surface area contributed by atoms with Crippen LogP contribution in [0.2, 0.25) is 0 Å². The van der Waals surface area contributed by atoms with Crippen molar-refractivity contribution in [3.63, 3.8) is 0 Å². The van der Waals surface area contributed by atoms with E-state index in [0.29, 0.717) is 42.2 Å². The van der Waals surface area contributed by atoms with Gasteiger partial charge in [-0.05, 0) is 51.0 Å². The van der Waals surface area contributed by atoms with Gasteiger partial charge < -0.3 is 19.4 Å². The minimum Gasteiger partial charge on any atom is -0.497 e. The molecular formula is C20H26N2O4. The summed E-state index contributed by atoms with van der Waals surface area (Å²) in [6, 6.07) is 7.62. The van der Waals surface area contributed by atoms with Crippen molar-refractivity contribution < 1.29 is 19.1 Å². The number of nitrogens with zero attached hydrogens (tertiary/aromatic N) is 1. The molecule has 1 N–H and O–H groups in total. The summed E-state index contributed by atoms with van der Waals surface area (Å²) < 4.78 is 10.3. The standard InChI is InChI=1S/C20H26N2O4/c1-6-22(12-15-8-10-16(25-5)11-9-15)19(23)18-13(3)17(14(4)21-18)20(24)26-7-2/h8-11,21H,6-7,12H2,1-5H3. The molecule has 1 aromatic carbocycles. The molecule has 6 heteroatoms. The molecule has 1 amide bonds. The average molecular weight is 358 g/mol. The molecule has 2 aromatic rings. The number of rotatable bonds is 7. The van der Waals surface area contributed by atoms with Crippen molar-refractivity contribution in [1.82, 2.24) is 9.88 Å². The van der Waals surface area contributed by atoms with Gasteiger partial charge in [0.15, 0.2) is 0 Å². The fraction of sp³-hybridized carbons (Fsp3) is 0.400. The maximum absolute atomic E-state index is 13.0. The predicted molar refractivity (Wildman–Crippen MR) is 99.6 cm³/mol. The average Bonchev–Trinajstić information content (AvgIpc) is 2.94. The maximum atomic E-state index is 13.0. The van der Waals surface area contributed by atoms with Crippen LogP contribution in [0.25, 0.3) is 0 Å². The summed E-state index contributed by atoms with van der Waals surface area (Å²) >= 11 is 0. The van der Waals surface area contributed by atoms with Crippen molar-refractivity contribution in [2.45, 2.75) is 34.2 Å². The fourth-order valence-electron chi connectivity index (χ4n) is 2.91. The lowest BCUT2D eigenvalue weighted by Gasteiger charge is -2.21. The molecule has 140 valence electrons. The minimum atomic E-state index is -0.406. The number of ether oxygens (including phenoxy) is 2. The van der Waals surface area contributed by atoms with Crippen molar-refractivity contribution in [3.8, 4) is 5.75 Å². The zero-order chi connectivity index (χ0) is 19.3. The Balaban J connectivity index is 2.24. The number of methoxy groups -OCH3 is 1. The van der Waals surface area contributed by atoms with Crippen LogP contribution < -0.4 is 4.74 Å². The SMILES string of the molecule is CCOC(=O)c1c(C)[nH]c(C(=O)N(CC)Cc2ccc(OC)cc2)c1C. The lowest BCUT2D eigenvalue weighted by Crippen LogP contribution is -2.31. The second kappa shape index (κ2) is 8.56. The van der Waals surface area contributed by atoms with E-state index < -0.39 is 5.97 Å². The topological polar surface area (TPSA) is 71.6 Å². The van der Waals surface area contributed by atoms with Crippen LogP contribution in [0.1, 0.15) is 51.5 Å². The van der Waals surface area contributed by atoms with Crippen LogP contribution >= 0.6 is 0 Å². The molecular weight excluding hydrogens is 332 g/mol. The number of carbonyl (C=O) groups is 2. The van der Waals surface area contributed by atoms with Crippen molar-refractivity contribution >= 4 is 11.9 Å². The molecule has 0 bridgehead atoms. The predicted octanol–water partition coefficient (Wildman–Crippen LogP) is 3.48. The van der Waals surface area contributed by atoms with Crippen molar-refractivity contribution in [3.05, 3.63) is 52.3 Å². The number of aromatic nitrogens is 1. The molecule has 2 rings (SSSR count). The molecule has 0 spiro atoms. The largest absolute Gasteiger partial charge is 0.497 e. The third kappa shape index (κ3) is 4.07. The number of benzene rings is 1. The molecule has 0 radical (unpaired) electrons. The van der Waals surface area contributed by atoms with Gasteiger partial charge in [-0.1, -0.05) is 12.1 Å². The molecule has 0 fully saturated rings. The molecule has 6 nitrogen and oxygen atoms in total. The lowest BCUT2D eigenvalue weighted by molar-refractivity contribution is 0.0525. The van der Waals surface area contributed by atoms with Gasteiger partial charge in [0, 0.05) is 18.8 Å². The molecule has 0 unspecified atom stereocenters. The Bertz CT molecular complexity index is 778. The lowest BCUT2D eigenvalue weighted by atomic mass is 10.1. The fourth-order valence-corrected chi connectivity index (χ4v) is 2.91. The summed E-state index contributed by atoms with van der Waals surface area (Å²) in [6.07, 6.45) is 0. The maximum Gasteiger partial charge on any atom is 0.340 e. The minimum absolute atomic E-state index is 0.139. The molecule has 26 heavy (non-hydrogen) atoms. The van der Waals surface area contributed by atoms with E-state index in [0.717, 1.165) is 11.3 Å². The molecule has 1 heterocycles. The molecule has 0 atom stereocenters. The highest BCUT2D eigenvalue weighted by Gasteiger charge is 2.25. The zero-order valence-electron chi connectivity index (χ0n) is 16.0. The van der Waals surface area contributed by atoms with E-state index >= 15 is 0 Å². The van der Waals surface area contributed by atoms with Gasteiger partial charge in [-0.25, -0.2) is 4.79 Å². The van der Waals surface area contributed by atoms with Gasteiger partial charge in [0.2, 0.25) is 0 Å². The van der Waals surface area contributed by atoms with Gasteiger partial charge in [0.1, 0.15) is 11.4 Å². The van der Waals surface area contributed by atoms with Crippen LogP contribution in [0.15, 0.2) is 24.3 Å². The van der Waals surface area contributed by atoms with Crippen molar-refractivity contribution in [2.24, 2.45) is 0 Å².